The zero-order valence-corrected chi connectivity index (χ0v) is 13.3. The molecule has 1 amide bonds. The van der Waals surface area contributed by atoms with Crippen LogP contribution < -0.4 is 11.1 Å². The van der Waals surface area contributed by atoms with Crippen LogP contribution in [-0.4, -0.2) is 20.8 Å². The third-order valence-electron chi connectivity index (χ3n) is 4.68. The number of carbonyl (C=O) groups excluding carboxylic acids is 1. The molecule has 5 heteroatoms. The van der Waals surface area contributed by atoms with Gasteiger partial charge in [-0.15, -0.1) is 0 Å². The highest BCUT2D eigenvalue weighted by Crippen LogP contribution is 2.31. The Labute approximate surface area is 130 Å². The smallest absolute Gasteiger partial charge is 0.225 e. The topological polar surface area (TPSA) is 72.4 Å². The first-order chi connectivity index (χ1) is 10.5. The van der Waals surface area contributed by atoms with E-state index in [1.807, 2.05) is 42.8 Å². The van der Waals surface area contributed by atoms with E-state index in [4.69, 9.17) is 5.73 Å². The molecule has 118 valence electrons. The van der Waals surface area contributed by atoms with Crippen molar-refractivity contribution in [2.45, 2.75) is 51.6 Å². The van der Waals surface area contributed by atoms with Gasteiger partial charge >= 0.3 is 0 Å². The summed E-state index contributed by atoms with van der Waals surface area (Å²) < 4.78 is 1.97. The van der Waals surface area contributed by atoms with Gasteiger partial charge in [0.05, 0.1) is 18.2 Å². The number of amides is 1. The summed E-state index contributed by atoms with van der Waals surface area (Å²) in [5.74, 6) is -0.0431. The van der Waals surface area contributed by atoms with Crippen molar-refractivity contribution in [1.82, 2.24) is 14.7 Å². The zero-order valence-electron chi connectivity index (χ0n) is 13.3. The van der Waals surface area contributed by atoms with Gasteiger partial charge in [0, 0.05) is 17.9 Å². The lowest BCUT2D eigenvalue weighted by Gasteiger charge is -2.37. The third kappa shape index (κ3) is 2.99. The molecule has 0 saturated heterocycles. The third-order valence-corrected chi connectivity index (χ3v) is 4.68. The van der Waals surface area contributed by atoms with Crippen molar-refractivity contribution < 1.29 is 4.79 Å². The van der Waals surface area contributed by atoms with Crippen LogP contribution in [-0.2, 0) is 11.3 Å². The number of hydrogen-bond donors (Lipinski definition) is 2. The molecular formula is C17H24N4O. The molecule has 3 rings (SSSR count). The van der Waals surface area contributed by atoms with Crippen molar-refractivity contribution in [1.29, 1.82) is 0 Å². The van der Waals surface area contributed by atoms with E-state index < -0.39 is 5.54 Å². The van der Waals surface area contributed by atoms with Crippen molar-refractivity contribution >= 4 is 11.6 Å². The monoisotopic (exact) mass is 300 g/mol. The quantitative estimate of drug-likeness (QED) is 0.912. The minimum Gasteiger partial charge on any atom is -0.350 e. The van der Waals surface area contributed by atoms with Crippen LogP contribution in [0.4, 0.5) is 0 Å². The molecule has 2 atom stereocenters. The van der Waals surface area contributed by atoms with Gasteiger partial charge in [-0.2, -0.15) is 0 Å². The van der Waals surface area contributed by atoms with E-state index >= 15 is 0 Å². The molecular weight excluding hydrogens is 276 g/mol. The standard InChI is InChI=1S/C17H24N4O/c1-12-6-8-21-11-13(20-15(21)9-12)10-19-16(22)14-5-3-4-7-17(14,2)18/h6,8-9,11,14H,3-5,7,10,18H2,1-2H3,(H,19,22). The maximum Gasteiger partial charge on any atom is 0.225 e. The Kier molecular flexibility index (Phi) is 3.91. The van der Waals surface area contributed by atoms with Crippen molar-refractivity contribution in [2.75, 3.05) is 0 Å². The fourth-order valence-electron chi connectivity index (χ4n) is 3.31. The maximum absolute atomic E-state index is 12.4. The Morgan fingerprint density at radius 1 is 1.55 bits per heavy atom. The molecule has 0 spiro atoms. The van der Waals surface area contributed by atoms with Crippen molar-refractivity contribution in [3.63, 3.8) is 0 Å². The average Bonchev–Trinajstić information content (AvgIpc) is 2.86. The van der Waals surface area contributed by atoms with E-state index in [0.717, 1.165) is 37.0 Å². The highest BCUT2D eigenvalue weighted by atomic mass is 16.1. The summed E-state index contributed by atoms with van der Waals surface area (Å²) >= 11 is 0. The number of aryl methyl sites for hydroxylation is 1. The van der Waals surface area contributed by atoms with Gasteiger partial charge in [-0.25, -0.2) is 4.98 Å². The number of aromatic nitrogens is 2. The number of nitrogens with two attached hydrogens (primary N) is 1. The average molecular weight is 300 g/mol. The highest BCUT2D eigenvalue weighted by Gasteiger charge is 2.37. The van der Waals surface area contributed by atoms with Crippen LogP contribution in [0.3, 0.4) is 0 Å². The lowest BCUT2D eigenvalue weighted by atomic mass is 9.74. The predicted molar refractivity (Wildman–Crippen MR) is 86.3 cm³/mol. The maximum atomic E-state index is 12.4. The van der Waals surface area contributed by atoms with Crippen LogP contribution in [0.5, 0.6) is 0 Å². The van der Waals surface area contributed by atoms with Crippen molar-refractivity contribution in [3.8, 4) is 0 Å². The highest BCUT2D eigenvalue weighted by molar-refractivity contribution is 5.80. The number of carbonyl (C=O) groups is 1. The van der Waals surface area contributed by atoms with Crippen molar-refractivity contribution in [3.05, 3.63) is 35.8 Å². The minimum absolute atomic E-state index is 0.0536. The van der Waals surface area contributed by atoms with E-state index in [1.54, 1.807) is 0 Å². The number of hydrogen-bond acceptors (Lipinski definition) is 3. The molecule has 2 aromatic rings. The van der Waals surface area contributed by atoms with Crippen molar-refractivity contribution in [2.24, 2.45) is 11.7 Å². The van der Waals surface area contributed by atoms with Gasteiger partial charge in [0.2, 0.25) is 5.91 Å². The molecule has 1 saturated carbocycles. The second kappa shape index (κ2) is 5.72. The van der Waals surface area contributed by atoms with E-state index in [-0.39, 0.29) is 11.8 Å². The molecule has 1 aliphatic rings. The van der Waals surface area contributed by atoms with Gasteiger partial charge in [-0.1, -0.05) is 12.8 Å². The molecule has 1 aliphatic carbocycles. The molecule has 1 fully saturated rings. The van der Waals surface area contributed by atoms with Gasteiger partial charge < -0.3 is 15.5 Å². The molecule has 0 aromatic carbocycles. The first-order valence-corrected chi connectivity index (χ1v) is 7.96. The van der Waals surface area contributed by atoms with Crippen LogP contribution in [0, 0.1) is 12.8 Å². The number of pyridine rings is 1. The SMILES string of the molecule is Cc1ccn2cc(CNC(=O)C3CCCCC3(C)N)nc2c1. The Morgan fingerprint density at radius 2 is 2.36 bits per heavy atom. The second-order valence-electron chi connectivity index (χ2n) is 6.72. The van der Waals surface area contributed by atoms with Crippen LogP contribution in [0.2, 0.25) is 0 Å². The predicted octanol–water partition coefficient (Wildman–Crippen LogP) is 2.17. The van der Waals surface area contributed by atoms with Gasteiger partial charge in [-0.3, -0.25) is 4.79 Å². The van der Waals surface area contributed by atoms with Crippen LogP contribution in [0.15, 0.2) is 24.5 Å². The second-order valence-corrected chi connectivity index (χ2v) is 6.72. The lowest BCUT2D eigenvalue weighted by Crippen LogP contribution is -2.52. The summed E-state index contributed by atoms with van der Waals surface area (Å²) in [4.78, 5) is 17.0. The number of imidazole rings is 1. The summed E-state index contributed by atoms with van der Waals surface area (Å²) in [5, 5.41) is 3.01. The van der Waals surface area contributed by atoms with Gasteiger partial charge in [0.1, 0.15) is 5.65 Å². The Hall–Kier alpha value is -1.88. The number of fused-ring (bicyclic) bond motifs is 1. The molecule has 0 bridgehead atoms. The van der Waals surface area contributed by atoms with E-state index in [2.05, 4.69) is 10.3 Å². The van der Waals surface area contributed by atoms with Crippen LogP contribution in [0.25, 0.3) is 5.65 Å². The summed E-state index contributed by atoms with van der Waals surface area (Å²) in [6, 6.07) is 4.07. The normalized spacial score (nSPS) is 25.3. The molecule has 2 unspecified atom stereocenters. The lowest BCUT2D eigenvalue weighted by molar-refractivity contribution is -0.128. The fraction of sp³-hybridized carbons (Fsp3) is 0.529. The van der Waals surface area contributed by atoms with Gasteiger partial charge in [0.25, 0.3) is 0 Å². The number of rotatable bonds is 3. The number of nitrogens with zero attached hydrogens (tertiary/aromatic N) is 2. The first kappa shape index (κ1) is 15.0. The van der Waals surface area contributed by atoms with Gasteiger partial charge in [-0.05, 0) is 44.4 Å². The van der Waals surface area contributed by atoms with E-state index in [9.17, 15) is 4.79 Å². The summed E-state index contributed by atoms with van der Waals surface area (Å²) in [6.07, 6.45) is 7.93. The Bertz CT molecular complexity index is 689. The molecule has 0 radical (unpaired) electrons. The Balaban J connectivity index is 1.66. The molecule has 5 nitrogen and oxygen atoms in total. The first-order valence-electron chi connectivity index (χ1n) is 7.96. The largest absolute Gasteiger partial charge is 0.350 e. The minimum atomic E-state index is -0.391. The number of nitrogens with one attached hydrogen (secondary N) is 1. The molecule has 3 N–H and O–H groups in total. The summed E-state index contributed by atoms with van der Waals surface area (Å²) in [7, 11) is 0. The fourth-order valence-corrected chi connectivity index (χ4v) is 3.31. The van der Waals surface area contributed by atoms with Crippen LogP contribution in [0.1, 0.15) is 43.9 Å². The zero-order chi connectivity index (χ0) is 15.7. The summed E-state index contributed by atoms with van der Waals surface area (Å²) in [5.41, 5.74) is 8.85. The molecule has 22 heavy (non-hydrogen) atoms. The summed E-state index contributed by atoms with van der Waals surface area (Å²) in [6.45, 7) is 4.48. The van der Waals surface area contributed by atoms with E-state index in [0.29, 0.717) is 6.54 Å². The van der Waals surface area contributed by atoms with Crippen LogP contribution >= 0.6 is 0 Å². The molecule has 0 aliphatic heterocycles. The Morgan fingerprint density at radius 3 is 3.14 bits per heavy atom. The molecule has 2 heterocycles. The molecule has 2 aromatic heterocycles. The van der Waals surface area contributed by atoms with Gasteiger partial charge in [0.15, 0.2) is 0 Å². The van der Waals surface area contributed by atoms with E-state index in [1.165, 1.54) is 5.56 Å².